The van der Waals surface area contributed by atoms with Crippen LogP contribution in [0.5, 0.6) is 6.01 Å². The van der Waals surface area contributed by atoms with Crippen LogP contribution in [0.15, 0.2) is 48.4 Å². The molecule has 13 heteroatoms. The van der Waals surface area contributed by atoms with Crippen molar-refractivity contribution in [3.05, 3.63) is 64.7 Å². The molecule has 1 aliphatic carbocycles. The first-order chi connectivity index (χ1) is 22.7. The van der Waals surface area contributed by atoms with Crippen LogP contribution >= 0.6 is 11.6 Å². The number of piperazine rings is 2. The molecular formula is C34H41ClN8O3S. The van der Waals surface area contributed by atoms with Crippen LogP contribution in [0.25, 0.3) is 10.8 Å². The fourth-order valence-corrected chi connectivity index (χ4v) is 8.73. The minimum Gasteiger partial charge on any atom is -0.461 e. The van der Waals surface area contributed by atoms with Crippen LogP contribution in [0.4, 0.5) is 11.5 Å². The Balaban J connectivity index is 1.21. The Morgan fingerprint density at radius 3 is 2.55 bits per heavy atom. The smallest absolute Gasteiger partial charge is 0.318 e. The van der Waals surface area contributed by atoms with E-state index in [1.165, 1.54) is 4.31 Å². The number of rotatable bonds is 9. The molecule has 3 aromatic rings. The van der Waals surface area contributed by atoms with Crippen molar-refractivity contribution in [2.45, 2.75) is 43.8 Å². The molecular weight excluding hydrogens is 636 g/mol. The lowest BCUT2D eigenvalue weighted by atomic mass is 10.0. The summed E-state index contributed by atoms with van der Waals surface area (Å²) in [4.78, 5) is 19.4. The van der Waals surface area contributed by atoms with Crippen LogP contribution < -0.4 is 14.5 Å². The van der Waals surface area contributed by atoms with Crippen molar-refractivity contribution in [2.24, 2.45) is 0 Å². The Kier molecular flexibility index (Phi) is 8.78. The standard InChI is InChI=1S/C34H41ClN8O3S/c1-3-47(44,45)43-21-18-41(22-26(43)10-14-36)32-27-11-15-40(30-9-5-7-25-6-4-8-28(35)31(25)30)23-29(27)37-33(38-32)46-24-34(12-13-34)42-19-16-39(2)17-20-42/h3-9,26H,1,10-13,15-24H2,2H3/t26-/m0/s1. The summed E-state index contributed by atoms with van der Waals surface area (Å²) in [5, 5.41) is 13.4. The normalized spacial score (nSPS) is 22.1. The minimum absolute atomic E-state index is 0.0228. The number of halogens is 1. The number of hydrogen-bond acceptors (Lipinski definition) is 10. The fourth-order valence-electron chi connectivity index (χ4n) is 7.37. The lowest BCUT2D eigenvalue weighted by Crippen LogP contribution is -2.55. The highest BCUT2D eigenvalue weighted by Gasteiger charge is 2.49. The zero-order valence-electron chi connectivity index (χ0n) is 26.8. The van der Waals surface area contributed by atoms with Crippen molar-refractivity contribution in [2.75, 3.05) is 75.8 Å². The number of nitrogens with zero attached hydrogens (tertiary/aromatic N) is 8. The predicted octanol–water partition coefficient (Wildman–Crippen LogP) is 3.88. The summed E-state index contributed by atoms with van der Waals surface area (Å²) in [7, 11) is -1.51. The third-order valence-corrected chi connectivity index (χ3v) is 12.1. The number of nitriles is 1. The molecule has 0 unspecified atom stereocenters. The van der Waals surface area contributed by atoms with Crippen LogP contribution in [-0.4, -0.2) is 110 Å². The molecule has 11 nitrogen and oxygen atoms in total. The van der Waals surface area contributed by atoms with E-state index in [-0.39, 0.29) is 18.5 Å². The Morgan fingerprint density at radius 2 is 1.83 bits per heavy atom. The Hall–Kier alpha value is -3.47. The molecule has 0 amide bonds. The second-order valence-corrected chi connectivity index (χ2v) is 15.4. The molecule has 0 radical (unpaired) electrons. The molecule has 1 aromatic heterocycles. The third kappa shape index (κ3) is 6.27. The van der Waals surface area contributed by atoms with E-state index in [0.29, 0.717) is 43.7 Å². The molecule has 0 N–H and O–H groups in total. The predicted molar refractivity (Wildman–Crippen MR) is 184 cm³/mol. The van der Waals surface area contributed by atoms with Crippen LogP contribution in [0, 0.1) is 11.3 Å². The number of fused-ring (bicyclic) bond motifs is 2. The van der Waals surface area contributed by atoms with Crippen molar-refractivity contribution in [3.63, 3.8) is 0 Å². The molecule has 1 saturated carbocycles. The number of hydrogen-bond donors (Lipinski definition) is 0. The fraction of sp³-hybridized carbons (Fsp3) is 0.500. The summed E-state index contributed by atoms with van der Waals surface area (Å²) in [6.45, 7) is 10.5. The number of anilines is 2. The Morgan fingerprint density at radius 1 is 1.06 bits per heavy atom. The maximum Gasteiger partial charge on any atom is 0.318 e. The largest absolute Gasteiger partial charge is 0.461 e. The second kappa shape index (κ2) is 12.9. The van der Waals surface area contributed by atoms with E-state index >= 15 is 0 Å². The summed E-state index contributed by atoms with van der Waals surface area (Å²) in [5.41, 5.74) is 3.01. The Labute approximate surface area is 282 Å². The van der Waals surface area contributed by atoms with Gasteiger partial charge in [0.1, 0.15) is 12.4 Å². The van der Waals surface area contributed by atoms with Crippen LogP contribution in [-0.2, 0) is 23.0 Å². The molecule has 4 aliphatic rings. The number of likely N-dealkylation sites (N-methyl/N-ethyl adjacent to an activating group) is 1. The number of benzene rings is 2. The highest BCUT2D eigenvalue weighted by atomic mass is 35.5. The molecule has 0 spiro atoms. The van der Waals surface area contributed by atoms with Gasteiger partial charge in [0.15, 0.2) is 0 Å². The summed E-state index contributed by atoms with van der Waals surface area (Å²) >= 11 is 6.73. The van der Waals surface area contributed by atoms with E-state index in [4.69, 9.17) is 26.3 Å². The molecule has 2 aromatic carbocycles. The van der Waals surface area contributed by atoms with Gasteiger partial charge >= 0.3 is 6.01 Å². The Bertz CT molecular complexity index is 1810. The monoisotopic (exact) mass is 676 g/mol. The van der Waals surface area contributed by atoms with Gasteiger partial charge in [0.05, 0.1) is 41.3 Å². The van der Waals surface area contributed by atoms with Crippen molar-refractivity contribution >= 4 is 43.9 Å². The van der Waals surface area contributed by atoms with Gasteiger partial charge in [0.2, 0.25) is 10.0 Å². The van der Waals surface area contributed by atoms with E-state index < -0.39 is 16.1 Å². The molecule has 47 heavy (non-hydrogen) atoms. The zero-order valence-corrected chi connectivity index (χ0v) is 28.4. The first-order valence-electron chi connectivity index (χ1n) is 16.4. The summed E-state index contributed by atoms with van der Waals surface area (Å²) in [5.74, 6) is 0.767. The quantitative estimate of drug-likeness (QED) is 0.331. The van der Waals surface area contributed by atoms with Crippen molar-refractivity contribution in [3.8, 4) is 12.1 Å². The molecule has 2 saturated heterocycles. The van der Waals surface area contributed by atoms with E-state index in [9.17, 15) is 13.7 Å². The average Bonchev–Trinajstić information content (AvgIpc) is 3.88. The van der Waals surface area contributed by atoms with E-state index in [2.05, 4.69) is 63.6 Å². The number of aromatic nitrogens is 2. The van der Waals surface area contributed by atoms with Gasteiger partial charge in [-0.2, -0.15) is 19.5 Å². The van der Waals surface area contributed by atoms with Gasteiger partial charge in [-0.1, -0.05) is 42.4 Å². The van der Waals surface area contributed by atoms with Gasteiger partial charge in [0, 0.05) is 74.4 Å². The minimum atomic E-state index is -3.68. The van der Waals surface area contributed by atoms with Crippen LogP contribution in [0.3, 0.4) is 0 Å². The third-order valence-electron chi connectivity index (χ3n) is 10.3. The second-order valence-electron chi connectivity index (χ2n) is 13.1. The van der Waals surface area contributed by atoms with Gasteiger partial charge in [-0.3, -0.25) is 4.90 Å². The van der Waals surface area contributed by atoms with E-state index in [1.54, 1.807) is 0 Å². The molecule has 248 valence electrons. The first-order valence-corrected chi connectivity index (χ1v) is 18.2. The molecule has 4 heterocycles. The number of ether oxygens (including phenoxy) is 1. The number of sulfonamides is 1. The molecule has 3 fully saturated rings. The summed E-state index contributed by atoms with van der Waals surface area (Å²) < 4.78 is 33.5. The van der Waals surface area contributed by atoms with Crippen molar-refractivity contribution < 1.29 is 13.2 Å². The lowest BCUT2D eigenvalue weighted by Gasteiger charge is -2.41. The SMILES string of the molecule is C=CS(=O)(=O)N1CCN(c2nc(OCC3(N4CCN(C)CC4)CC3)nc3c2CCN(c2cccc4cccc(Cl)c24)C3)C[C@@H]1CC#N. The van der Waals surface area contributed by atoms with Crippen LogP contribution in [0.1, 0.15) is 30.5 Å². The molecule has 0 bridgehead atoms. The van der Waals surface area contributed by atoms with E-state index in [0.717, 1.165) is 84.5 Å². The van der Waals surface area contributed by atoms with E-state index in [1.807, 2.05) is 12.1 Å². The maximum atomic E-state index is 12.8. The van der Waals surface area contributed by atoms with Crippen molar-refractivity contribution in [1.29, 1.82) is 5.26 Å². The first kappa shape index (κ1) is 32.1. The zero-order chi connectivity index (χ0) is 32.8. The summed E-state index contributed by atoms with van der Waals surface area (Å²) in [6, 6.07) is 14.2. The topological polar surface area (TPSA) is 109 Å². The highest BCUT2D eigenvalue weighted by molar-refractivity contribution is 7.92. The summed E-state index contributed by atoms with van der Waals surface area (Å²) in [6.07, 6.45) is 2.97. The van der Waals surface area contributed by atoms with Gasteiger partial charge in [-0.05, 0) is 43.8 Å². The van der Waals surface area contributed by atoms with Crippen molar-refractivity contribution in [1.82, 2.24) is 24.1 Å². The van der Waals surface area contributed by atoms with Gasteiger partial charge in [-0.15, -0.1) is 0 Å². The lowest BCUT2D eigenvalue weighted by molar-refractivity contribution is 0.0650. The maximum absolute atomic E-state index is 12.8. The van der Waals surface area contributed by atoms with Crippen LogP contribution in [0.2, 0.25) is 5.02 Å². The van der Waals surface area contributed by atoms with Gasteiger partial charge in [-0.25, -0.2) is 8.42 Å². The highest BCUT2D eigenvalue weighted by Crippen LogP contribution is 2.43. The van der Waals surface area contributed by atoms with Gasteiger partial charge < -0.3 is 19.4 Å². The molecule has 1 atom stereocenters. The molecule has 3 aliphatic heterocycles. The van der Waals surface area contributed by atoms with Gasteiger partial charge in [0.25, 0.3) is 0 Å². The molecule has 7 rings (SSSR count). The average molecular weight is 677 g/mol.